The van der Waals surface area contributed by atoms with E-state index >= 15 is 0 Å². The summed E-state index contributed by atoms with van der Waals surface area (Å²) in [6.07, 6.45) is 5.16. The van der Waals surface area contributed by atoms with E-state index in [0.717, 1.165) is 45.8 Å². The topological polar surface area (TPSA) is 115 Å². The van der Waals surface area contributed by atoms with Gasteiger partial charge in [-0.25, -0.2) is 9.78 Å². The van der Waals surface area contributed by atoms with Crippen LogP contribution in [0.5, 0.6) is 5.88 Å². The number of hydrogen-bond donors (Lipinski definition) is 3. The Morgan fingerprint density at radius 1 is 1.27 bits per heavy atom. The predicted octanol–water partition coefficient (Wildman–Crippen LogP) is 2.53. The van der Waals surface area contributed by atoms with Crippen LogP contribution in [-0.4, -0.2) is 51.3 Å². The minimum Gasteiger partial charge on any atom is -0.478 e. The summed E-state index contributed by atoms with van der Waals surface area (Å²) in [5.74, 6) is -0.308. The Morgan fingerprint density at radius 3 is 2.64 bits per heavy atom. The fraction of sp³-hybridized carbons (Fsp3) is 0.400. The molecule has 33 heavy (non-hydrogen) atoms. The molecule has 3 aromatic rings. The monoisotopic (exact) mass is 447 g/mol. The highest BCUT2D eigenvalue weighted by Gasteiger charge is 2.45. The number of carboxylic acid groups (broad SMARTS) is 1. The number of aromatic nitrogens is 3. The van der Waals surface area contributed by atoms with Gasteiger partial charge in [0.2, 0.25) is 5.88 Å². The van der Waals surface area contributed by atoms with Crippen LogP contribution in [0, 0.1) is 0 Å². The number of carboxylic acids is 1. The molecule has 1 fully saturated rings. The van der Waals surface area contributed by atoms with Gasteiger partial charge in [0.15, 0.2) is 0 Å². The lowest BCUT2D eigenvalue weighted by molar-refractivity contribution is 0.0690. The summed E-state index contributed by atoms with van der Waals surface area (Å²) in [4.78, 5) is 21.5. The molecule has 8 nitrogen and oxygen atoms in total. The molecular weight excluding hydrogens is 418 g/mol. The molecular formula is C25H29N5O3. The van der Waals surface area contributed by atoms with Crippen molar-refractivity contribution in [1.29, 1.82) is 0 Å². The minimum atomic E-state index is -0.885. The predicted molar refractivity (Wildman–Crippen MR) is 126 cm³/mol. The zero-order valence-corrected chi connectivity index (χ0v) is 19.2. The lowest BCUT2D eigenvalue weighted by Gasteiger charge is -2.42. The molecule has 8 heteroatoms. The maximum Gasteiger partial charge on any atom is 0.337 e. The molecule has 0 unspecified atom stereocenters. The number of carbonyl (C=O) groups is 1. The van der Waals surface area contributed by atoms with Crippen LogP contribution in [-0.2, 0) is 25.3 Å². The smallest absolute Gasteiger partial charge is 0.337 e. The quantitative estimate of drug-likeness (QED) is 0.532. The van der Waals surface area contributed by atoms with Gasteiger partial charge in [0.1, 0.15) is 0 Å². The van der Waals surface area contributed by atoms with E-state index in [-0.39, 0.29) is 11.5 Å². The van der Waals surface area contributed by atoms with E-state index in [9.17, 15) is 9.90 Å². The number of ether oxygens (including phenoxy) is 1. The van der Waals surface area contributed by atoms with E-state index in [0.29, 0.717) is 37.5 Å². The van der Waals surface area contributed by atoms with Crippen molar-refractivity contribution in [3.05, 3.63) is 53.0 Å². The lowest BCUT2D eigenvalue weighted by atomic mass is 9.76. The molecule has 1 saturated heterocycles. The molecule has 3 aromatic heterocycles. The molecule has 0 spiro atoms. The molecule has 0 bridgehead atoms. The van der Waals surface area contributed by atoms with Gasteiger partial charge in [-0.3, -0.25) is 4.98 Å². The largest absolute Gasteiger partial charge is 0.478 e. The second-order valence-electron chi connectivity index (χ2n) is 9.28. The molecule has 0 amide bonds. The van der Waals surface area contributed by atoms with Crippen molar-refractivity contribution in [3.63, 3.8) is 0 Å². The Morgan fingerprint density at radius 2 is 2.06 bits per heavy atom. The van der Waals surface area contributed by atoms with Crippen LogP contribution in [0.15, 0.2) is 30.6 Å². The highest BCUT2D eigenvalue weighted by molar-refractivity contribution is 5.95. The summed E-state index contributed by atoms with van der Waals surface area (Å²) in [5.41, 5.74) is 12.7. The molecule has 0 atom stereocenters. The third-order valence-electron chi connectivity index (χ3n) is 6.80. The Bertz CT molecular complexity index is 1220. The molecule has 4 heterocycles. The van der Waals surface area contributed by atoms with Gasteiger partial charge in [-0.15, -0.1) is 0 Å². The van der Waals surface area contributed by atoms with Crippen LogP contribution in [0.2, 0.25) is 0 Å². The maximum atomic E-state index is 12.4. The molecule has 0 aromatic carbocycles. The van der Waals surface area contributed by atoms with Crippen LogP contribution in [0.3, 0.4) is 0 Å². The second-order valence-corrected chi connectivity index (χ2v) is 9.28. The fourth-order valence-electron chi connectivity index (χ4n) is 5.18. The molecule has 1 aliphatic heterocycles. The Kier molecular flexibility index (Phi) is 5.22. The van der Waals surface area contributed by atoms with Gasteiger partial charge in [-0.1, -0.05) is 0 Å². The van der Waals surface area contributed by atoms with Crippen molar-refractivity contribution < 1.29 is 14.6 Å². The summed E-state index contributed by atoms with van der Waals surface area (Å²) in [7, 11) is 1.96. The van der Waals surface area contributed by atoms with Crippen molar-refractivity contribution in [2.24, 2.45) is 12.8 Å². The van der Waals surface area contributed by atoms with Crippen LogP contribution in [0.1, 0.15) is 41.0 Å². The van der Waals surface area contributed by atoms with Gasteiger partial charge in [0.05, 0.1) is 23.1 Å². The number of aromatic carboxylic acids is 1. The second kappa shape index (κ2) is 7.97. The number of pyridine rings is 2. The van der Waals surface area contributed by atoms with Crippen LogP contribution >= 0.6 is 0 Å². The highest BCUT2D eigenvalue weighted by atomic mass is 16.5. The molecule has 172 valence electrons. The van der Waals surface area contributed by atoms with E-state index in [1.54, 1.807) is 6.20 Å². The highest BCUT2D eigenvalue weighted by Crippen LogP contribution is 2.43. The van der Waals surface area contributed by atoms with Gasteiger partial charge in [0, 0.05) is 67.4 Å². The Balaban J connectivity index is 1.63. The summed E-state index contributed by atoms with van der Waals surface area (Å²) >= 11 is 0. The number of nitrogens with zero attached hydrogens (tertiary/aromatic N) is 3. The third-order valence-corrected chi connectivity index (χ3v) is 6.80. The van der Waals surface area contributed by atoms with Crippen molar-refractivity contribution in [3.8, 4) is 28.4 Å². The van der Waals surface area contributed by atoms with Crippen molar-refractivity contribution in [1.82, 2.24) is 19.9 Å². The van der Waals surface area contributed by atoms with Gasteiger partial charge < -0.3 is 25.5 Å². The molecule has 0 saturated carbocycles. The Hall–Kier alpha value is -3.23. The molecule has 2 aliphatic rings. The average Bonchev–Trinajstić information content (AvgIpc) is 3.07. The van der Waals surface area contributed by atoms with Crippen molar-refractivity contribution in [2.45, 2.75) is 38.2 Å². The fourth-order valence-corrected chi connectivity index (χ4v) is 5.18. The summed E-state index contributed by atoms with van der Waals surface area (Å²) in [6, 6.07) is 5.85. The number of hydrogen-bond acceptors (Lipinski definition) is 6. The number of nitrogens with two attached hydrogens (primary N) is 1. The van der Waals surface area contributed by atoms with Crippen LogP contribution in [0.4, 0.5) is 0 Å². The summed E-state index contributed by atoms with van der Waals surface area (Å²) in [5, 5.41) is 13.5. The van der Waals surface area contributed by atoms with Crippen molar-refractivity contribution >= 4 is 5.97 Å². The Labute approximate surface area is 192 Å². The van der Waals surface area contributed by atoms with Crippen LogP contribution < -0.4 is 15.8 Å². The normalized spacial score (nSPS) is 16.2. The minimum absolute atomic E-state index is 0.0567. The number of aryl methyl sites for hydroxylation is 1. The van der Waals surface area contributed by atoms with Gasteiger partial charge in [-0.2, -0.15) is 0 Å². The zero-order chi connectivity index (χ0) is 23.3. The standard InChI is InChI=1S/C25H29N5O3/c1-14(2)33-20-7-5-16(10-29-20)19-8-18-15(9-28-19)4-6-17-21(24(31)32)23(30(3)22(17)18)25(11-26)12-27-13-25/h5,7-10,14,27H,4,6,11-13,26H2,1-3H3,(H,31,32). The lowest BCUT2D eigenvalue weighted by Crippen LogP contribution is -2.62. The third kappa shape index (κ3) is 3.41. The molecule has 1 aliphatic carbocycles. The molecule has 5 rings (SSSR count). The first-order valence-electron chi connectivity index (χ1n) is 11.3. The molecule has 4 N–H and O–H groups in total. The maximum absolute atomic E-state index is 12.4. The summed E-state index contributed by atoms with van der Waals surface area (Å²) < 4.78 is 7.71. The van der Waals surface area contributed by atoms with Crippen LogP contribution in [0.25, 0.3) is 22.5 Å². The van der Waals surface area contributed by atoms with E-state index in [4.69, 9.17) is 10.5 Å². The van der Waals surface area contributed by atoms with Gasteiger partial charge >= 0.3 is 5.97 Å². The number of rotatable bonds is 6. The van der Waals surface area contributed by atoms with E-state index in [1.807, 2.05) is 39.2 Å². The first-order valence-corrected chi connectivity index (χ1v) is 11.3. The molecule has 0 radical (unpaired) electrons. The number of nitrogens with one attached hydrogen (secondary N) is 1. The van der Waals surface area contributed by atoms with Gasteiger partial charge in [0.25, 0.3) is 0 Å². The number of fused-ring (bicyclic) bond motifs is 3. The average molecular weight is 448 g/mol. The first kappa shape index (κ1) is 21.6. The SMILES string of the molecule is CC(C)Oc1ccc(-c2cc3c(cn2)CCc2c(C(=O)O)c(C4(CN)CNC4)n(C)c2-3)cn1. The van der Waals surface area contributed by atoms with E-state index in [1.165, 1.54) is 0 Å². The summed E-state index contributed by atoms with van der Waals surface area (Å²) in [6.45, 7) is 5.71. The van der Waals surface area contributed by atoms with E-state index in [2.05, 4.69) is 25.9 Å². The van der Waals surface area contributed by atoms with Gasteiger partial charge in [-0.05, 0) is 49.9 Å². The van der Waals surface area contributed by atoms with E-state index < -0.39 is 5.97 Å². The first-order chi connectivity index (χ1) is 15.8. The van der Waals surface area contributed by atoms with Crippen molar-refractivity contribution in [2.75, 3.05) is 19.6 Å². The zero-order valence-electron chi connectivity index (χ0n) is 19.2.